The number of hydrogen-bond acceptors (Lipinski definition) is 2. The van der Waals surface area contributed by atoms with Crippen molar-refractivity contribution in [3.8, 4) is 0 Å². The summed E-state index contributed by atoms with van der Waals surface area (Å²) in [7, 11) is 0. The molecule has 2 rings (SSSR count). The molecule has 0 aromatic heterocycles. The van der Waals surface area contributed by atoms with Crippen molar-refractivity contribution < 1.29 is 4.39 Å². The lowest BCUT2D eigenvalue weighted by Crippen LogP contribution is -2.29. The fraction of sp³-hybridized carbons (Fsp3) is 0.143. The van der Waals surface area contributed by atoms with Crippen molar-refractivity contribution in [2.45, 2.75) is 12.5 Å². The van der Waals surface area contributed by atoms with Crippen molar-refractivity contribution in [2.75, 3.05) is 0 Å². The van der Waals surface area contributed by atoms with Crippen LogP contribution in [0.4, 0.5) is 4.39 Å². The smallest absolute Gasteiger partial charge is 0.123 e. The lowest BCUT2D eigenvalue weighted by Gasteiger charge is -2.18. The molecule has 0 aliphatic rings. The summed E-state index contributed by atoms with van der Waals surface area (Å²) in [6, 6.07) is 10.0. The van der Waals surface area contributed by atoms with Crippen LogP contribution in [0.25, 0.3) is 0 Å². The third kappa shape index (κ3) is 4.02. The largest absolute Gasteiger partial charge is 0.271 e. The Kier molecular flexibility index (Phi) is 5.57. The summed E-state index contributed by atoms with van der Waals surface area (Å²) in [6.45, 7) is 0. The van der Waals surface area contributed by atoms with Gasteiger partial charge in [-0.15, -0.1) is 0 Å². The quantitative estimate of drug-likeness (QED) is 0.551. The Hall–Kier alpha value is -0.460. The van der Waals surface area contributed by atoms with E-state index in [1.54, 1.807) is 6.07 Å². The molecule has 2 nitrogen and oxygen atoms in total. The SMILES string of the molecule is NNC(Cc1cc(F)ccc1Cl)c1cc(Br)cc(Br)c1. The predicted molar refractivity (Wildman–Crippen MR) is 87.0 cm³/mol. The lowest BCUT2D eigenvalue weighted by atomic mass is 9.99. The van der Waals surface area contributed by atoms with Gasteiger partial charge in [-0.25, -0.2) is 4.39 Å². The standard InChI is InChI=1S/C14H12Br2ClFN2/c15-10-3-9(4-11(16)7-10)14(20-19)6-8-5-12(18)1-2-13(8)17/h1-5,7,14,20H,6,19H2. The Balaban J connectivity index is 2.30. The molecular formula is C14H12Br2ClFN2. The van der Waals surface area contributed by atoms with Gasteiger partial charge in [-0.3, -0.25) is 11.3 Å². The molecule has 1 atom stereocenters. The first-order valence-electron chi connectivity index (χ1n) is 5.85. The minimum Gasteiger partial charge on any atom is -0.271 e. The highest BCUT2D eigenvalue weighted by atomic mass is 79.9. The third-order valence-corrected chi connectivity index (χ3v) is 4.20. The van der Waals surface area contributed by atoms with E-state index in [2.05, 4.69) is 37.3 Å². The maximum absolute atomic E-state index is 13.3. The van der Waals surface area contributed by atoms with Gasteiger partial charge in [-0.2, -0.15) is 0 Å². The van der Waals surface area contributed by atoms with E-state index in [1.807, 2.05) is 18.2 Å². The second kappa shape index (κ2) is 7.00. The van der Waals surface area contributed by atoms with Gasteiger partial charge in [0.2, 0.25) is 0 Å². The van der Waals surface area contributed by atoms with E-state index >= 15 is 0 Å². The van der Waals surface area contributed by atoms with E-state index in [0.717, 1.165) is 14.5 Å². The molecule has 0 aliphatic heterocycles. The Morgan fingerprint density at radius 3 is 2.40 bits per heavy atom. The Bertz CT molecular complexity index is 602. The molecule has 0 saturated carbocycles. The van der Waals surface area contributed by atoms with Gasteiger partial charge in [0.15, 0.2) is 0 Å². The maximum Gasteiger partial charge on any atom is 0.123 e. The van der Waals surface area contributed by atoms with Gasteiger partial charge in [0.1, 0.15) is 5.82 Å². The number of nitrogens with one attached hydrogen (secondary N) is 1. The van der Waals surface area contributed by atoms with Gasteiger partial charge in [0, 0.05) is 14.0 Å². The van der Waals surface area contributed by atoms with Crippen LogP contribution in [0.2, 0.25) is 5.02 Å². The first-order valence-corrected chi connectivity index (χ1v) is 7.82. The first-order chi connectivity index (χ1) is 9.49. The van der Waals surface area contributed by atoms with Gasteiger partial charge >= 0.3 is 0 Å². The number of rotatable bonds is 4. The van der Waals surface area contributed by atoms with Crippen LogP contribution in [0.5, 0.6) is 0 Å². The van der Waals surface area contributed by atoms with E-state index in [9.17, 15) is 4.39 Å². The van der Waals surface area contributed by atoms with Crippen molar-refractivity contribution >= 4 is 43.5 Å². The molecule has 0 radical (unpaired) electrons. The van der Waals surface area contributed by atoms with Gasteiger partial charge in [0.25, 0.3) is 0 Å². The summed E-state index contributed by atoms with van der Waals surface area (Å²) < 4.78 is 15.2. The minimum absolute atomic E-state index is 0.164. The van der Waals surface area contributed by atoms with Crippen LogP contribution in [0.15, 0.2) is 45.3 Å². The number of halogens is 4. The topological polar surface area (TPSA) is 38.0 Å². The van der Waals surface area contributed by atoms with Gasteiger partial charge in [0.05, 0.1) is 6.04 Å². The van der Waals surface area contributed by atoms with Crippen molar-refractivity contribution in [1.29, 1.82) is 0 Å². The molecule has 2 aromatic carbocycles. The first kappa shape index (κ1) is 15.9. The van der Waals surface area contributed by atoms with Crippen LogP contribution in [0, 0.1) is 5.82 Å². The molecule has 0 saturated heterocycles. The highest BCUT2D eigenvalue weighted by Crippen LogP contribution is 2.28. The molecule has 2 aromatic rings. The van der Waals surface area contributed by atoms with Crippen LogP contribution in [-0.4, -0.2) is 0 Å². The summed E-state index contributed by atoms with van der Waals surface area (Å²) in [4.78, 5) is 0. The lowest BCUT2D eigenvalue weighted by molar-refractivity contribution is 0.548. The average Bonchev–Trinajstić information content (AvgIpc) is 2.38. The molecule has 0 heterocycles. The Morgan fingerprint density at radius 2 is 1.80 bits per heavy atom. The minimum atomic E-state index is -0.310. The van der Waals surface area contributed by atoms with E-state index in [-0.39, 0.29) is 11.9 Å². The molecular weight excluding hydrogens is 410 g/mol. The second-order valence-electron chi connectivity index (χ2n) is 4.36. The molecule has 3 N–H and O–H groups in total. The number of benzene rings is 2. The van der Waals surface area contributed by atoms with Crippen molar-refractivity contribution in [2.24, 2.45) is 5.84 Å². The van der Waals surface area contributed by atoms with Crippen LogP contribution < -0.4 is 11.3 Å². The zero-order valence-electron chi connectivity index (χ0n) is 10.3. The zero-order valence-corrected chi connectivity index (χ0v) is 14.3. The Labute approximate surface area is 138 Å². The Morgan fingerprint density at radius 1 is 1.15 bits per heavy atom. The van der Waals surface area contributed by atoms with Crippen LogP contribution >= 0.6 is 43.5 Å². The van der Waals surface area contributed by atoms with Crippen molar-refractivity contribution in [3.63, 3.8) is 0 Å². The van der Waals surface area contributed by atoms with Crippen LogP contribution in [-0.2, 0) is 6.42 Å². The fourth-order valence-corrected chi connectivity index (χ4v) is 3.49. The zero-order chi connectivity index (χ0) is 14.7. The third-order valence-electron chi connectivity index (χ3n) is 2.92. The van der Waals surface area contributed by atoms with Gasteiger partial charge in [-0.05, 0) is 53.9 Å². The van der Waals surface area contributed by atoms with Crippen LogP contribution in [0.1, 0.15) is 17.2 Å². The fourth-order valence-electron chi connectivity index (χ4n) is 1.97. The molecule has 6 heteroatoms. The second-order valence-corrected chi connectivity index (χ2v) is 6.60. The maximum atomic E-state index is 13.3. The predicted octanol–water partition coefficient (Wildman–Crippen LogP) is 4.75. The normalized spacial score (nSPS) is 12.4. The van der Waals surface area contributed by atoms with Gasteiger partial charge < -0.3 is 0 Å². The number of hydrogen-bond donors (Lipinski definition) is 2. The van der Waals surface area contributed by atoms with E-state index in [1.165, 1.54) is 12.1 Å². The molecule has 0 bridgehead atoms. The summed E-state index contributed by atoms with van der Waals surface area (Å²) in [5, 5.41) is 0.528. The highest BCUT2D eigenvalue weighted by Gasteiger charge is 2.14. The van der Waals surface area contributed by atoms with Gasteiger partial charge in [-0.1, -0.05) is 43.5 Å². The van der Waals surface area contributed by atoms with E-state index < -0.39 is 0 Å². The highest BCUT2D eigenvalue weighted by molar-refractivity contribution is 9.11. The summed E-state index contributed by atoms with van der Waals surface area (Å²) in [5.41, 5.74) is 4.44. The van der Waals surface area contributed by atoms with E-state index in [0.29, 0.717) is 17.0 Å². The van der Waals surface area contributed by atoms with Crippen molar-refractivity contribution in [3.05, 3.63) is 67.3 Å². The monoisotopic (exact) mass is 420 g/mol. The number of hydrazine groups is 1. The summed E-state index contributed by atoms with van der Waals surface area (Å²) in [5.74, 6) is 5.31. The van der Waals surface area contributed by atoms with E-state index in [4.69, 9.17) is 17.4 Å². The molecule has 0 amide bonds. The van der Waals surface area contributed by atoms with Crippen molar-refractivity contribution in [1.82, 2.24) is 5.43 Å². The molecule has 20 heavy (non-hydrogen) atoms. The molecule has 0 aliphatic carbocycles. The number of nitrogens with two attached hydrogens (primary N) is 1. The molecule has 0 spiro atoms. The summed E-state index contributed by atoms with van der Waals surface area (Å²) in [6.07, 6.45) is 0.496. The molecule has 0 fully saturated rings. The average molecular weight is 423 g/mol. The summed E-state index contributed by atoms with van der Waals surface area (Å²) >= 11 is 13.0. The molecule has 106 valence electrons. The molecule has 1 unspecified atom stereocenters. The van der Waals surface area contributed by atoms with Crippen LogP contribution in [0.3, 0.4) is 0 Å².